The van der Waals surface area contributed by atoms with Gasteiger partial charge in [0, 0.05) is 27.7 Å². The topological polar surface area (TPSA) is 132 Å². The molecule has 21 heavy (non-hydrogen) atoms. The van der Waals surface area contributed by atoms with Crippen LogP contribution in [0.5, 0.6) is 0 Å². The van der Waals surface area contributed by atoms with E-state index in [1.54, 1.807) is 0 Å². The molecule has 0 amide bonds. The lowest BCUT2D eigenvalue weighted by Gasteiger charge is -2.27. The van der Waals surface area contributed by atoms with Crippen molar-refractivity contribution in [2.75, 3.05) is 6.79 Å². The molecule has 0 aromatic heterocycles. The van der Waals surface area contributed by atoms with E-state index >= 15 is 0 Å². The van der Waals surface area contributed by atoms with E-state index in [0.29, 0.717) is 0 Å². The Morgan fingerprint density at radius 3 is 1.33 bits per heavy atom. The Kier molecular flexibility index (Phi) is 6.84. The molecule has 0 aliphatic carbocycles. The van der Waals surface area contributed by atoms with E-state index in [1.807, 2.05) is 0 Å². The van der Waals surface area contributed by atoms with E-state index in [4.69, 9.17) is 0 Å². The van der Waals surface area contributed by atoms with Crippen LogP contribution < -0.4 is 0 Å². The second kappa shape index (κ2) is 7.82. The van der Waals surface area contributed by atoms with Crippen LogP contribution in [-0.2, 0) is 47.7 Å². The first-order chi connectivity index (χ1) is 9.59. The maximum absolute atomic E-state index is 11.8. The van der Waals surface area contributed by atoms with Crippen molar-refractivity contribution in [2.45, 2.75) is 33.7 Å². The Balaban J connectivity index is 5.24. The van der Waals surface area contributed by atoms with Gasteiger partial charge in [0.05, 0.1) is 0 Å². The summed E-state index contributed by atoms with van der Waals surface area (Å²) >= 11 is 0. The Morgan fingerprint density at radius 2 is 1.05 bits per heavy atom. The van der Waals surface area contributed by atoms with Gasteiger partial charge in [0.1, 0.15) is 0 Å². The monoisotopic (exact) mass is 306 g/mol. The first kappa shape index (κ1) is 18.4. The van der Waals surface area contributed by atoms with Crippen molar-refractivity contribution in [1.29, 1.82) is 0 Å². The molecule has 0 aliphatic heterocycles. The quantitative estimate of drug-likeness (QED) is 0.462. The third kappa shape index (κ3) is 6.89. The number of carbonyl (C=O) groups excluding carboxylic acids is 5. The highest BCUT2D eigenvalue weighted by Crippen LogP contribution is 2.19. The number of hydrogen-bond donors (Lipinski definition) is 0. The summed E-state index contributed by atoms with van der Waals surface area (Å²) in [5.74, 6) is -8.65. The SMILES string of the molecule is CC(=O)OCOC(=O)C(OC(C)=O)(OC(C)=O)OC(C)=O. The molecule has 10 heteroatoms. The van der Waals surface area contributed by atoms with E-state index in [0.717, 1.165) is 27.7 Å². The van der Waals surface area contributed by atoms with Crippen LogP contribution in [0.3, 0.4) is 0 Å². The average molecular weight is 306 g/mol. The summed E-state index contributed by atoms with van der Waals surface area (Å²) < 4.78 is 22.0. The van der Waals surface area contributed by atoms with Crippen molar-refractivity contribution in [3.05, 3.63) is 0 Å². The van der Waals surface area contributed by atoms with Gasteiger partial charge in [-0.05, 0) is 0 Å². The molecule has 118 valence electrons. The van der Waals surface area contributed by atoms with Crippen molar-refractivity contribution < 1.29 is 47.7 Å². The predicted octanol–water partition coefficient (Wildman–Crippen LogP) is -0.607. The highest BCUT2D eigenvalue weighted by Gasteiger charge is 2.53. The predicted molar refractivity (Wildman–Crippen MR) is 60.8 cm³/mol. The highest BCUT2D eigenvalue weighted by atomic mass is 16.9. The summed E-state index contributed by atoms with van der Waals surface area (Å²) in [4.78, 5) is 55.4. The zero-order chi connectivity index (χ0) is 16.6. The van der Waals surface area contributed by atoms with Crippen LogP contribution in [0.25, 0.3) is 0 Å². The van der Waals surface area contributed by atoms with Crippen LogP contribution in [0.15, 0.2) is 0 Å². The highest BCUT2D eigenvalue weighted by molar-refractivity contribution is 5.85. The first-order valence-corrected chi connectivity index (χ1v) is 5.48. The zero-order valence-corrected chi connectivity index (χ0v) is 11.8. The van der Waals surface area contributed by atoms with Crippen molar-refractivity contribution in [1.82, 2.24) is 0 Å². The first-order valence-electron chi connectivity index (χ1n) is 5.48. The van der Waals surface area contributed by atoms with Crippen molar-refractivity contribution in [2.24, 2.45) is 0 Å². The summed E-state index contributed by atoms with van der Waals surface area (Å²) in [5.41, 5.74) is 0. The summed E-state index contributed by atoms with van der Waals surface area (Å²) in [6.45, 7) is 2.81. The fourth-order valence-corrected chi connectivity index (χ4v) is 1.01. The summed E-state index contributed by atoms with van der Waals surface area (Å²) in [5, 5.41) is 0. The minimum Gasteiger partial charge on any atom is -0.428 e. The molecule has 0 aliphatic rings. The second-order valence-corrected chi connectivity index (χ2v) is 3.52. The second-order valence-electron chi connectivity index (χ2n) is 3.52. The van der Waals surface area contributed by atoms with Gasteiger partial charge in [0.15, 0.2) is 0 Å². The minimum atomic E-state index is -3.04. The van der Waals surface area contributed by atoms with E-state index < -0.39 is 42.6 Å². The van der Waals surface area contributed by atoms with E-state index in [9.17, 15) is 24.0 Å². The van der Waals surface area contributed by atoms with Gasteiger partial charge >= 0.3 is 35.8 Å². The van der Waals surface area contributed by atoms with E-state index in [1.165, 1.54) is 0 Å². The minimum absolute atomic E-state index is 0.763. The largest absolute Gasteiger partial charge is 0.529 e. The van der Waals surface area contributed by atoms with Gasteiger partial charge in [-0.1, -0.05) is 0 Å². The molecule has 0 N–H and O–H groups in total. The van der Waals surface area contributed by atoms with Crippen LogP contribution in [0, 0.1) is 0 Å². The van der Waals surface area contributed by atoms with Gasteiger partial charge in [-0.2, -0.15) is 0 Å². The van der Waals surface area contributed by atoms with Gasteiger partial charge in [-0.25, -0.2) is 4.79 Å². The van der Waals surface area contributed by atoms with E-state index in [2.05, 4.69) is 23.7 Å². The lowest BCUT2D eigenvalue weighted by Crippen LogP contribution is -2.51. The molecule has 0 heterocycles. The van der Waals surface area contributed by atoms with Crippen molar-refractivity contribution >= 4 is 29.8 Å². The molecule has 0 radical (unpaired) electrons. The molecule has 0 saturated heterocycles. The Morgan fingerprint density at radius 1 is 0.667 bits per heavy atom. The van der Waals surface area contributed by atoms with Gasteiger partial charge in [0.25, 0.3) is 0 Å². The van der Waals surface area contributed by atoms with E-state index in [-0.39, 0.29) is 0 Å². The van der Waals surface area contributed by atoms with Gasteiger partial charge < -0.3 is 23.7 Å². The smallest absolute Gasteiger partial charge is 0.428 e. The maximum Gasteiger partial charge on any atom is 0.529 e. The molecule has 10 nitrogen and oxygen atoms in total. The molecule has 0 spiro atoms. The lowest BCUT2D eigenvalue weighted by molar-refractivity contribution is -0.322. The average Bonchev–Trinajstić information content (AvgIpc) is 2.24. The summed E-state index contributed by atoms with van der Waals surface area (Å²) in [6.07, 6.45) is 0. The van der Waals surface area contributed by atoms with Gasteiger partial charge in [-0.15, -0.1) is 0 Å². The molecular formula is C11H14O10. The summed E-state index contributed by atoms with van der Waals surface area (Å²) in [6, 6.07) is 0. The van der Waals surface area contributed by atoms with Gasteiger partial charge in [-0.3, -0.25) is 19.2 Å². The molecule has 0 saturated carbocycles. The van der Waals surface area contributed by atoms with Crippen LogP contribution >= 0.6 is 0 Å². The molecular weight excluding hydrogens is 292 g/mol. The molecule has 0 aromatic carbocycles. The molecule has 0 bridgehead atoms. The number of ether oxygens (including phenoxy) is 5. The lowest BCUT2D eigenvalue weighted by atomic mass is 10.5. The number of hydrogen-bond acceptors (Lipinski definition) is 10. The Bertz CT molecular complexity index is 411. The number of rotatable bonds is 6. The molecule has 0 aromatic rings. The molecule has 0 unspecified atom stereocenters. The van der Waals surface area contributed by atoms with Crippen LogP contribution in [0.1, 0.15) is 27.7 Å². The zero-order valence-electron chi connectivity index (χ0n) is 11.8. The Hall–Kier alpha value is -2.65. The Labute approximate surface area is 119 Å². The van der Waals surface area contributed by atoms with Gasteiger partial charge in [0.2, 0.25) is 6.79 Å². The maximum atomic E-state index is 11.8. The number of esters is 5. The third-order valence-corrected chi connectivity index (χ3v) is 1.54. The normalized spacial score (nSPS) is 10.1. The summed E-state index contributed by atoms with van der Waals surface area (Å²) in [7, 11) is 0. The molecule has 0 fully saturated rings. The molecule has 0 atom stereocenters. The van der Waals surface area contributed by atoms with Crippen LogP contribution in [0.2, 0.25) is 0 Å². The number of carbonyl (C=O) groups is 5. The fraction of sp³-hybridized carbons (Fsp3) is 0.545. The van der Waals surface area contributed by atoms with Crippen molar-refractivity contribution in [3.8, 4) is 0 Å². The molecule has 0 rings (SSSR count). The fourth-order valence-electron chi connectivity index (χ4n) is 1.01. The van der Waals surface area contributed by atoms with Crippen LogP contribution in [0.4, 0.5) is 0 Å². The van der Waals surface area contributed by atoms with Crippen LogP contribution in [-0.4, -0.2) is 42.6 Å². The van der Waals surface area contributed by atoms with Crippen molar-refractivity contribution in [3.63, 3.8) is 0 Å². The third-order valence-electron chi connectivity index (χ3n) is 1.54. The standard InChI is InChI=1S/C11H14O10/c1-6(12)17-5-18-10(16)11(19-7(2)13,20-8(3)14)21-9(4)15/h5H2,1-4H3.